The summed E-state index contributed by atoms with van der Waals surface area (Å²) in [5.41, 5.74) is 2.97. The van der Waals surface area contributed by atoms with Crippen molar-refractivity contribution in [3.63, 3.8) is 0 Å². The molecule has 3 aromatic carbocycles. The van der Waals surface area contributed by atoms with Gasteiger partial charge >= 0.3 is 5.97 Å². The molecule has 0 radical (unpaired) electrons. The SMILES string of the molecule is C[C@H]1Cc2ccccc2N1C(=O)COC(=O)c1ccc(NC(=O)c2ccc(Cl)cc2Cl)cc1. The first-order valence-corrected chi connectivity index (χ1v) is 11.0. The minimum absolute atomic E-state index is 0.00522. The summed E-state index contributed by atoms with van der Waals surface area (Å²) in [6.07, 6.45) is 0.768. The van der Waals surface area contributed by atoms with Gasteiger partial charge in [0.05, 0.1) is 16.1 Å². The smallest absolute Gasteiger partial charge is 0.338 e. The molecule has 4 rings (SSSR count). The number of para-hydroxylation sites is 1. The van der Waals surface area contributed by atoms with Crippen LogP contribution < -0.4 is 10.2 Å². The normalized spacial score (nSPS) is 14.5. The Hall–Kier alpha value is -3.35. The number of amides is 2. The third kappa shape index (κ3) is 5.02. The predicted molar refractivity (Wildman–Crippen MR) is 128 cm³/mol. The van der Waals surface area contributed by atoms with E-state index in [0.717, 1.165) is 17.7 Å². The lowest BCUT2D eigenvalue weighted by molar-refractivity contribution is -0.122. The van der Waals surface area contributed by atoms with Gasteiger partial charge in [-0.05, 0) is 67.4 Å². The first kappa shape index (κ1) is 22.8. The maximum absolute atomic E-state index is 12.7. The van der Waals surface area contributed by atoms with Gasteiger partial charge in [0, 0.05) is 22.4 Å². The minimum Gasteiger partial charge on any atom is -0.452 e. The second-order valence-electron chi connectivity index (χ2n) is 7.68. The molecular formula is C25H20Cl2N2O4. The number of fused-ring (bicyclic) bond motifs is 1. The number of halogens is 2. The summed E-state index contributed by atoms with van der Waals surface area (Å²) in [7, 11) is 0. The average Bonchev–Trinajstić information content (AvgIpc) is 3.13. The maximum Gasteiger partial charge on any atom is 0.338 e. The van der Waals surface area contributed by atoms with E-state index in [9.17, 15) is 14.4 Å². The van der Waals surface area contributed by atoms with Crippen molar-refractivity contribution < 1.29 is 19.1 Å². The van der Waals surface area contributed by atoms with Crippen LogP contribution in [0.4, 0.5) is 11.4 Å². The molecule has 8 heteroatoms. The number of carbonyl (C=O) groups excluding carboxylic acids is 3. The molecule has 0 aromatic heterocycles. The van der Waals surface area contributed by atoms with Gasteiger partial charge in [-0.1, -0.05) is 41.4 Å². The zero-order chi connectivity index (χ0) is 23.5. The van der Waals surface area contributed by atoms with Gasteiger partial charge in [-0.25, -0.2) is 4.79 Å². The zero-order valence-electron chi connectivity index (χ0n) is 17.7. The van der Waals surface area contributed by atoms with Gasteiger partial charge in [0.1, 0.15) is 0 Å². The minimum atomic E-state index is -0.623. The summed E-state index contributed by atoms with van der Waals surface area (Å²) >= 11 is 11.9. The second kappa shape index (κ2) is 9.65. The van der Waals surface area contributed by atoms with Gasteiger partial charge in [-0.15, -0.1) is 0 Å². The van der Waals surface area contributed by atoms with Crippen LogP contribution in [0.1, 0.15) is 33.2 Å². The Balaban J connectivity index is 1.35. The topological polar surface area (TPSA) is 75.7 Å². The number of anilines is 2. The fourth-order valence-corrected chi connectivity index (χ4v) is 4.28. The fourth-order valence-electron chi connectivity index (χ4n) is 3.79. The summed E-state index contributed by atoms with van der Waals surface area (Å²) in [6.45, 7) is 1.61. The van der Waals surface area contributed by atoms with Gasteiger partial charge in [0.15, 0.2) is 6.61 Å². The maximum atomic E-state index is 12.7. The van der Waals surface area contributed by atoms with Crippen molar-refractivity contribution >= 4 is 52.4 Å². The van der Waals surface area contributed by atoms with Crippen LogP contribution >= 0.6 is 23.2 Å². The lowest BCUT2D eigenvalue weighted by atomic mass is 10.1. The number of rotatable bonds is 5. The van der Waals surface area contributed by atoms with E-state index in [0.29, 0.717) is 10.7 Å². The van der Waals surface area contributed by atoms with Crippen LogP contribution in [0, 0.1) is 0 Å². The molecule has 33 heavy (non-hydrogen) atoms. The highest BCUT2D eigenvalue weighted by molar-refractivity contribution is 6.37. The van der Waals surface area contributed by atoms with Crippen LogP contribution in [0.3, 0.4) is 0 Å². The van der Waals surface area contributed by atoms with Gasteiger partial charge in [-0.3, -0.25) is 9.59 Å². The monoisotopic (exact) mass is 482 g/mol. The molecule has 0 saturated heterocycles. The summed E-state index contributed by atoms with van der Waals surface area (Å²) in [4.78, 5) is 39.2. The number of hydrogen-bond acceptors (Lipinski definition) is 4. The summed E-state index contributed by atoms with van der Waals surface area (Å²) in [6, 6.07) is 18.5. The van der Waals surface area contributed by atoms with Gasteiger partial charge in [-0.2, -0.15) is 0 Å². The Kier molecular flexibility index (Phi) is 6.67. The molecule has 1 heterocycles. The highest BCUT2D eigenvalue weighted by atomic mass is 35.5. The van der Waals surface area contributed by atoms with Gasteiger partial charge in [0.25, 0.3) is 11.8 Å². The van der Waals surface area contributed by atoms with E-state index in [4.69, 9.17) is 27.9 Å². The number of nitrogens with zero attached hydrogens (tertiary/aromatic N) is 1. The van der Waals surface area contributed by atoms with E-state index >= 15 is 0 Å². The van der Waals surface area contributed by atoms with E-state index in [1.165, 1.54) is 24.3 Å². The molecule has 0 unspecified atom stereocenters. The molecule has 0 fully saturated rings. The summed E-state index contributed by atoms with van der Waals surface area (Å²) in [5, 5.41) is 3.37. The van der Waals surface area contributed by atoms with Crippen LogP contribution in [-0.4, -0.2) is 30.4 Å². The lowest BCUT2D eigenvalue weighted by Gasteiger charge is -2.22. The standard InChI is InChI=1S/C25H20Cl2N2O4/c1-15-12-17-4-2-3-5-22(17)29(15)23(30)14-33-25(32)16-6-9-19(10-7-16)28-24(31)20-11-8-18(26)13-21(20)27/h2-11,13,15H,12,14H2,1H3,(H,28,31)/t15-/m0/s1. The van der Waals surface area contributed by atoms with E-state index in [1.807, 2.05) is 31.2 Å². The molecule has 1 atom stereocenters. The van der Waals surface area contributed by atoms with Crippen LogP contribution in [0.25, 0.3) is 0 Å². The molecule has 0 bridgehead atoms. The van der Waals surface area contributed by atoms with Gasteiger partial charge in [0.2, 0.25) is 0 Å². The summed E-state index contributed by atoms with van der Waals surface area (Å²) in [5.74, 6) is -1.30. The molecule has 6 nitrogen and oxygen atoms in total. The highest BCUT2D eigenvalue weighted by Gasteiger charge is 2.31. The molecule has 1 aliphatic heterocycles. The molecule has 0 aliphatic carbocycles. The van der Waals surface area contributed by atoms with Crippen LogP contribution in [0.15, 0.2) is 66.7 Å². The van der Waals surface area contributed by atoms with Crippen LogP contribution in [-0.2, 0) is 16.0 Å². The molecule has 1 aliphatic rings. The van der Waals surface area contributed by atoms with Crippen molar-refractivity contribution in [2.24, 2.45) is 0 Å². The molecule has 0 spiro atoms. The first-order chi connectivity index (χ1) is 15.8. The van der Waals surface area contributed by atoms with Crippen LogP contribution in [0.5, 0.6) is 0 Å². The lowest BCUT2D eigenvalue weighted by Crippen LogP contribution is -2.38. The number of benzene rings is 3. The Bertz CT molecular complexity index is 1230. The molecule has 168 valence electrons. The van der Waals surface area contributed by atoms with Crippen molar-refractivity contribution in [2.75, 3.05) is 16.8 Å². The molecule has 1 N–H and O–H groups in total. The number of esters is 1. The van der Waals surface area contributed by atoms with Crippen molar-refractivity contribution in [3.05, 3.63) is 93.5 Å². The van der Waals surface area contributed by atoms with Gasteiger partial charge < -0.3 is 15.0 Å². The third-order valence-electron chi connectivity index (χ3n) is 5.36. The van der Waals surface area contributed by atoms with Crippen molar-refractivity contribution in [3.8, 4) is 0 Å². The third-order valence-corrected chi connectivity index (χ3v) is 5.90. The molecule has 0 saturated carbocycles. The Labute approximate surface area is 201 Å². The molecule has 3 aromatic rings. The predicted octanol–water partition coefficient (Wildman–Crippen LogP) is 5.38. The Morgan fingerprint density at radius 3 is 2.48 bits per heavy atom. The van der Waals surface area contributed by atoms with Crippen LogP contribution in [0.2, 0.25) is 10.0 Å². The largest absolute Gasteiger partial charge is 0.452 e. The number of carbonyl (C=O) groups is 3. The molecule has 2 amide bonds. The van der Waals surface area contributed by atoms with Crippen molar-refractivity contribution in [1.29, 1.82) is 0 Å². The molecular weight excluding hydrogens is 463 g/mol. The van der Waals surface area contributed by atoms with Crippen molar-refractivity contribution in [1.82, 2.24) is 0 Å². The average molecular weight is 483 g/mol. The number of hydrogen-bond donors (Lipinski definition) is 1. The highest BCUT2D eigenvalue weighted by Crippen LogP contribution is 2.31. The van der Waals surface area contributed by atoms with E-state index in [2.05, 4.69) is 5.32 Å². The van der Waals surface area contributed by atoms with E-state index in [1.54, 1.807) is 23.1 Å². The second-order valence-corrected chi connectivity index (χ2v) is 8.52. The Morgan fingerprint density at radius 2 is 1.76 bits per heavy atom. The first-order valence-electron chi connectivity index (χ1n) is 10.3. The van der Waals surface area contributed by atoms with Crippen molar-refractivity contribution in [2.45, 2.75) is 19.4 Å². The van der Waals surface area contributed by atoms with E-state index < -0.39 is 11.9 Å². The zero-order valence-corrected chi connectivity index (χ0v) is 19.2. The quantitative estimate of drug-likeness (QED) is 0.495. The number of ether oxygens (including phenoxy) is 1. The number of nitrogens with one attached hydrogen (secondary N) is 1. The Morgan fingerprint density at radius 1 is 1.03 bits per heavy atom. The van der Waals surface area contributed by atoms with E-state index in [-0.39, 0.29) is 34.7 Å². The fraction of sp³-hybridized carbons (Fsp3) is 0.160. The summed E-state index contributed by atoms with van der Waals surface area (Å²) < 4.78 is 5.24.